The highest BCUT2D eigenvalue weighted by Crippen LogP contribution is 2.15. The van der Waals surface area contributed by atoms with Crippen molar-refractivity contribution in [2.75, 3.05) is 19.0 Å². The molecule has 21 heavy (non-hydrogen) atoms. The van der Waals surface area contributed by atoms with Crippen LogP contribution in [0.2, 0.25) is 0 Å². The zero-order valence-electron chi connectivity index (χ0n) is 12.4. The van der Waals surface area contributed by atoms with Crippen LogP contribution in [0.4, 0.5) is 5.69 Å². The number of aromatic nitrogens is 1. The van der Waals surface area contributed by atoms with Gasteiger partial charge in [-0.15, -0.1) is 0 Å². The third-order valence-corrected chi connectivity index (χ3v) is 3.09. The number of anilines is 1. The second kappa shape index (κ2) is 7.50. The summed E-state index contributed by atoms with van der Waals surface area (Å²) in [6.45, 7) is 4.13. The van der Waals surface area contributed by atoms with Crippen LogP contribution in [0.15, 0.2) is 42.7 Å². The van der Waals surface area contributed by atoms with Gasteiger partial charge in [0.15, 0.2) is 0 Å². The van der Waals surface area contributed by atoms with Gasteiger partial charge in [0.25, 0.3) is 0 Å². The quantitative estimate of drug-likeness (QED) is 0.821. The molecule has 5 heteroatoms. The van der Waals surface area contributed by atoms with Crippen LogP contribution in [0, 0.1) is 0 Å². The Hall–Kier alpha value is -2.27. The van der Waals surface area contributed by atoms with Gasteiger partial charge in [-0.2, -0.15) is 0 Å². The minimum atomic E-state index is -0.0502. The molecule has 0 saturated heterocycles. The molecule has 0 spiro atoms. The van der Waals surface area contributed by atoms with Gasteiger partial charge in [0.1, 0.15) is 12.3 Å². The third kappa shape index (κ3) is 4.65. The Balaban J connectivity index is 1.87. The number of methoxy groups -OCH3 is 1. The molecular formula is C16H21N3O2. The molecule has 1 amide bonds. The molecule has 1 aromatic carbocycles. The minimum absolute atomic E-state index is 0.0502. The van der Waals surface area contributed by atoms with Crippen molar-refractivity contribution in [1.29, 1.82) is 0 Å². The summed E-state index contributed by atoms with van der Waals surface area (Å²) in [6.07, 6.45) is 3.90. The zero-order chi connectivity index (χ0) is 15.1. The van der Waals surface area contributed by atoms with Gasteiger partial charge in [-0.25, -0.2) is 0 Å². The van der Waals surface area contributed by atoms with Gasteiger partial charge in [-0.05, 0) is 42.4 Å². The fourth-order valence-corrected chi connectivity index (χ4v) is 2.00. The number of rotatable bonds is 7. The fraction of sp³-hybridized carbons (Fsp3) is 0.312. The van der Waals surface area contributed by atoms with Gasteiger partial charge in [0, 0.05) is 24.6 Å². The summed E-state index contributed by atoms with van der Waals surface area (Å²) in [6, 6.07) is 9.30. The van der Waals surface area contributed by atoms with Gasteiger partial charge < -0.3 is 19.9 Å². The topological polar surface area (TPSA) is 55.3 Å². The summed E-state index contributed by atoms with van der Waals surface area (Å²) in [5.41, 5.74) is 1.94. The predicted molar refractivity (Wildman–Crippen MR) is 83.4 cm³/mol. The molecule has 0 fully saturated rings. The van der Waals surface area contributed by atoms with Gasteiger partial charge in [0.2, 0.25) is 5.91 Å². The molecule has 0 bridgehead atoms. The van der Waals surface area contributed by atoms with Crippen molar-refractivity contribution in [3.05, 3.63) is 48.3 Å². The molecule has 1 aromatic heterocycles. The molecule has 0 aliphatic carbocycles. The molecule has 2 aromatic rings. The molecule has 0 unspecified atom stereocenters. The zero-order valence-corrected chi connectivity index (χ0v) is 12.4. The summed E-state index contributed by atoms with van der Waals surface area (Å²) >= 11 is 0. The lowest BCUT2D eigenvalue weighted by atomic mass is 10.3. The molecule has 2 N–H and O–H groups in total. The van der Waals surface area contributed by atoms with Crippen molar-refractivity contribution in [3.8, 4) is 5.75 Å². The molecule has 112 valence electrons. The van der Waals surface area contributed by atoms with Crippen molar-refractivity contribution < 1.29 is 9.53 Å². The molecule has 5 nitrogen and oxygen atoms in total. The summed E-state index contributed by atoms with van der Waals surface area (Å²) in [4.78, 5) is 12.0. The number of hydrogen-bond acceptors (Lipinski definition) is 3. The van der Waals surface area contributed by atoms with Crippen LogP contribution in [0.1, 0.15) is 12.5 Å². The third-order valence-electron chi connectivity index (χ3n) is 3.09. The van der Waals surface area contributed by atoms with Crippen molar-refractivity contribution in [2.24, 2.45) is 0 Å². The first-order valence-corrected chi connectivity index (χ1v) is 7.00. The van der Waals surface area contributed by atoms with E-state index in [4.69, 9.17) is 4.74 Å². The number of carbonyl (C=O) groups excluding carboxylic acids is 1. The smallest absolute Gasteiger partial charge is 0.244 e. The van der Waals surface area contributed by atoms with Gasteiger partial charge in [0.05, 0.1) is 7.11 Å². The number of nitrogens with one attached hydrogen (secondary N) is 2. The van der Waals surface area contributed by atoms with Crippen LogP contribution in [0.25, 0.3) is 0 Å². The number of hydrogen-bond donors (Lipinski definition) is 2. The van der Waals surface area contributed by atoms with E-state index in [0.29, 0.717) is 6.54 Å². The summed E-state index contributed by atoms with van der Waals surface area (Å²) in [5.74, 6) is 0.720. The van der Waals surface area contributed by atoms with Crippen LogP contribution in [0.3, 0.4) is 0 Å². The van der Waals surface area contributed by atoms with Crippen LogP contribution in [-0.4, -0.2) is 24.1 Å². The maximum Gasteiger partial charge on any atom is 0.244 e. The van der Waals surface area contributed by atoms with E-state index in [1.165, 1.54) is 5.56 Å². The van der Waals surface area contributed by atoms with E-state index in [-0.39, 0.29) is 5.91 Å². The highest BCUT2D eigenvalue weighted by Gasteiger charge is 2.04. The Morgan fingerprint density at radius 3 is 2.67 bits per heavy atom. The van der Waals surface area contributed by atoms with E-state index in [1.54, 1.807) is 7.11 Å². The average Bonchev–Trinajstić information content (AvgIpc) is 2.93. The molecule has 2 rings (SSSR count). The Kier molecular flexibility index (Phi) is 5.40. The van der Waals surface area contributed by atoms with Crippen LogP contribution >= 0.6 is 0 Å². The molecular weight excluding hydrogens is 266 g/mol. The molecule has 0 aliphatic heterocycles. The normalized spacial score (nSPS) is 10.4. The molecule has 0 aliphatic rings. The van der Waals surface area contributed by atoms with Crippen molar-refractivity contribution in [1.82, 2.24) is 9.88 Å². The first-order valence-electron chi connectivity index (χ1n) is 7.00. The predicted octanol–water partition coefficient (Wildman–Crippen LogP) is 2.24. The van der Waals surface area contributed by atoms with Crippen molar-refractivity contribution >= 4 is 11.6 Å². The van der Waals surface area contributed by atoms with E-state index >= 15 is 0 Å². The molecule has 0 radical (unpaired) electrons. The Morgan fingerprint density at radius 2 is 2.00 bits per heavy atom. The van der Waals surface area contributed by atoms with E-state index < -0.39 is 0 Å². The highest BCUT2D eigenvalue weighted by molar-refractivity contribution is 5.90. The maximum absolute atomic E-state index is 12.0. The van der Waals surface area contributed by atoms with Gasteiger partial charge >= 0.3 is 0 Å². The minimum Gasteiger partial charge on any atom is -0.497 e. The first kappa shape index (κ1) is 15.1. The molecule has 0 saturated carbocycles. The highest BCUT2D eigenvalue weighted by atomic mass is 16.5. The standard InChI is InChI=1S/C16H21N3O2/c1-3-17-10-13-8-9-19(11-13)12-16(20)18-14-4-6-15(21-2)7-5-14/h4-9,11,17H,3,10,12H2,1-2H3,(H,18,20). The lowest BCUT2D eigenvalue weighted by molar-refractivity contribution is -0.116. The van der Waals surface area contributed by atoms with Crippen LogP contribution in [0.5, 0.6) is 5.75 Å². The van der Waals surface area contributed by atoms with Crippen molar-refractivity contribution in [3.63, 3.8) is 0 Å². The Labute approximate surface area is 124 Å². The number of nitrogens with zero attached hydrogens (tertiary/aromatic N) is 1. The van der Waals surface area contributed by atoms with Gasteiger partial charge in [-0.3, -0.25) is 4.79 Å². The summed E-state index contributed by atoms with van der Waals surface area (Å²) < 4.78 is 6.96. The number of amides is 1. The monoisotopic (exact) mass is 287 g/mol. The fourth-order valence-electron chi connectivity index (χ4n) is 2.00. The van der Waals surface area contributed by atoms with E-state index in [1.807, 2.05) is 47.3 Å². The Bertz CT molecular complexity index is 575. The molecule has 0 atom stereocenters. The average molecular weight is 287 g/mol. The second-order valence-corrected chi connectivity index (χ2v) is 4.75. The number of carbonyl (C=O) groups is 1. The Morgan fingerprint density at radius 1 is 1.24 bits per heavy atom. The lowest BCUT2D eigenvalue weighted by Gasteiger charge is -2.07. The summed E-state index contributed by atoms with van der Waals surface area (Å²) in [7, 11) is 1.62. The second-order valence-electron chi connectivity index (χ2n) is 4.75. The van der Waals surface area contributed by atoms with E-state index in [0.717, 1.165) is 24.5 Å². The SMILES string of the molecule is CCNCc1ccn(CC(=O)Nc2ccc(OC)cc2)c1. The molecule has 1 heterocycles. The summed E-state index contributed by atoms with van der Waals surface area (Å²) in [5, 5.41) is 6.12. The number of ether oxygens (including phenoxy) is 1. The van der Waals surface area contributed by atoms with E-state index in [9.17, 15) is 4.79 Å². The number of benzene rings is 1. The maximum atomic E-state index is 12.0. The van der Waals surface area contributed by atoms with E-state index in [2.05, 4.69) is 17.6 Å². The largest absolute Gasteiger partial charge is 0.497 e. The van der Waals surface area contributed by atoms with Crippen molar-refractivity contribution in [2.45, 2.75) is 20.0 Å². The van der Waals surface area contributed by atoms with Gasteiger partial charge in [-0.1, -0.05) is 6.92 Å². The van der Waals surface area contributed by atoms with Crippen LogP contribution < -0.4 is 15.4 Å². The first-order chi connectivity index (χ1) is 10.2. The lowest BCUT2D eigenvalue weighted by Crippen LogP contribution is -2.18. The van der Waals surface area contributed by atoms with Crippen LogP contribution in [-0.2, 0) is 17.9 Å².